The Morgan fingerprint density at radius 1 is 1.62 bits per heavy atom. The summed E-state index contributed by atoms with van der Waals surface area (Å²) < 4.78 is 5.22. The zero-order valence-electron chi connectivity index (χ0n) is 7.28. The highest BCUT2D eigenvalue weighted by Gasteiger charge is 2.28. The summed E-state index contributed by atoms with van der Waals surface area (Å²) in [6.45, 7) is 1.98. The average molecular weight is 178 g/mol. The lowest BCUT2D eigenvalue weighted by atomic mass is 10.1. The number of hydrogen-bond donors (Lipinski definition) is 1. The molecule has 1 heterocycles. The highest BCUT2D eigenvalue weighted by molar-refractivity contribution is 5.74. The molecule has 1 aromatic carbocycles. The van der Waals surface area contributed by atoms with Gasteiger partial charge in [-0.25, -0.2) is 4.79 Å². The minimum absolute atomic E-state index is 0.479. The summed E-state index contributed by atoms with van der Waals surface area (Å²) in [4.78, 5) is 10.6. The molecule has 1 atom stereocenters. The summed E-state index contributed by atoms with van der Waals surface area (Å²) in [7, 11) is 0. The Hall–Kier alpha value is -1.51. The zero-order valence-corrected chi connectivity index (χ0v) is 7.28. The van der Waals surface area contributed by atoms with Crippen LogP contribution in [0.5, 0.6) is 5.75 Å². The Bertz CT molecular complexity index is 357. The van der Waals surface area contributed by atoms with Crippen molar-refractivity contribution < 1.29 is 14.6 Å². The average Bonchev–Trinajstić information content (AvgIpc) is 2.46. The van der Waals surface area contributed by atoms with Crippen molar-refractivity contribution >= 4 is 5.97 Å². The van der Waals surface area contributed by atoms with Crippen LogP contribution in [0.15, 0.2) is 18.2 Å². The minimum Gasteiger partial charge on any atom is -0.478 e. The monoisotopic (exact) mass is 178 g/mol. The number of aliphatic carboxylic acids is 1. The van der Waals surface area contributed by atoms with Gasteiger partial charge in [0.05, 0.1) is 0 Å². The minimum atomic E-state index is -0.895. The Balaban J connectivity index is 2.30. The molecule has 0 spiro atoms. The molecule has 1 aliphatic heterocycles. The largest absolute Gasteiger partial charge is 0.478 e. The van der Waals surface area contributed by atoms with E-state index in [9.17, 15) is 4.79 Å². The first-order valence-corrected chi connectivity index (χ1v) is 4.16. The number of carboxylic acid groups (broad SMARTS) is 1. The molecular formula is C10H10O3. The van der Waals surface area contributed by atoms with Gasteiger partial charge >= 0.3 is 5.97 Å². The smallest absolute Gasteiger partial charge is 0.345 e. The van der Waals surface area contributed by atoms with E-state index in [1.807, 2.05) is 25.1 Å². The molecule has 0 aliphatic carbocycles. The first-order valence-electron chi connectivity index (χ1n) is 4.16. The summed E-state index contributed by atoms with van der Waals surface area (Å²) >= 11 is 0. The second kappa shape index (κ2) is 2.76. The van der Waals surface area contributed by atoms with Crippen molar-refractivity contribution in [2.24, 2.45) is 0 Å². The molecule has 13 heavy (non-hydrogen) atoms. The molecule has 0 bridgehead atoms. The predicted molar refractivity (Wildman–Crippen MR) is 46.9 cm³/mol. The van der Waals surface area contributed by atoms with E-state index in [1.165, 1.54) is 0 Å². The van der Waals surface area contributed by atoms with Gasteiger partial charge in [0, 0.05) is 6.42 Å². The van der Waals surface area contributed by atoms with E-state index < -0.39 is 12.1 Å². The number of ether oxygens (including phenoxy) is 1. The van der Waals surface area contributed by atoms with Gasteiger partial charge in [0.25, 0.3) is 0 Å². The van der Waals surface area contributed by atoms with Gasteiger partial charge in [-0.3, -0.25) is 0 Å². The topological polar surface area (TPSA) is 46.5 Å². The highest BCUT2D eigenvalue weighted by atomic mass is 16.5. The van der Waals surface area contributed by atoms with Crippen LogP contribution in [0.3, 0.4) is 0 Å². The normalized spacial score (nSPS) is 19.3. The van der Waals surface area contributed by atoms with Crippen LogP contribution in [-0.2, 0) is 11.2 Å². The van der Waals surface area contributed by atoms with Crippen LogP contribution in [0.4, 0.5) is 0 Å². The lowest BCUT2D eigenvalue weighted by Gasteiger charge is -2.03. The second-order valence-electron chi connectivity index (χ2n) is 3.26. The van der Waals surface area contributed by atoms with Gasteiger partial charge in [0.1, 0.15) is 5.75 Å². The van der Waals surface area contributed by atoms with Gasteiger partial charge in [-0.05, 0) is 18.6 Å². The van der Waals surface area contributed by atoms with Crippen molar-refractivity contribution in [2.75, 3.05) is 0 Å². The second-order valence-corrected chi connectivity index (χ2v) is 3.26. The summed E-state index contributed by atoms with van der Waals surface area (Å²) in [5, 5.41) is 8.73. The molecule has 1 aromatic rings. The summed E-state index contributed by atoms with van der Waals surface area (Å²) in [6, 6.07) is 5.72. The fourth-order valence-electron chi connectivity index (χ4n) is 1.52. The number of carboxylic acids is 1. The summed E-state index contributed by atoms with van der Waals surface area (Å²) in [6.07, 6.45) is -0.219. The highest BCUT2D eigenvalue weighted by Crippen LogP contribution is 2.29. The van der Waals surface area contributed by atoms with Crippen LogP contribution in [0, 0.1) is 6.92 Å². The maximum atomic E-state index is 10.6. The third kappa shape index (κ3) is 1.37. The molecule has 1 unspecified atom stereocenters. The SMILES string of the molecule is Cc1ccc2c(c1)CC(C(=O)O)O2. The molecule has 0 amide bonds. The Morgan fingerprint density at radius 3 is 3.08 bits per heavy atom. The van der Waals surface area contributed by atoms with E-state index in [0.717, 1.165) is 11.1 Å². The van der Waals surface area contributed by atoms with E-state index in [-0.39, 0.29) is 0 Å². The number of fused-ring (bicyclic) bond motifs is 1. The van der Waals surface area contributed by atoms with E-state index >= 15 is 0 Å². The van der Waals surface area contributed by atoms with Crippen LogP contribution in [0.25, 0.3) is 0 Å². The Labute approximate surface area is 76.0 Å². The quantitative estimate of drug-likeness (QED) is 0.706. The summed E-state index contributed by atoms with van der Waals surface area (Å²) in [5.74, 6) is -0.188. The molecule has 0 saturated carbocycles. The number of benzene rings is 1. The number of hydrogen-bond acceptors (Lipinski definition) is 2. The van der Waals surface area contributed by atoms with E-state index in [2.05, 4.69) is 0 Å². The molecule has 1 N–H and O–H groups in total. The van der Waals surface area contributed by atoms with Crippen molar-refractivity contribution in [2.45, 2.75) is 19.4 Å². The van der Waals surface area contributed by atoms with Gasteiger partial charge < -0.3 is 9.84 Å². The number of carbonyl (C=O) groups is 1. The first-order chi connectivity index (χ1) is 6.16. The van der Waals surface area contributed by atoms with E-state index in [0.29, 0.717) is 12.2 Å². The van der Waals surface area contributed by atoms with Gasteiger partial charge in [0.2, 0.25) is 0 Å². The standard InChI is InChI=1S/C10H10O3/c1-6-2-3-8-7(4-6)5-9(13-8)10(11)12/h2-4,9H,5H2,1H3,(H,11,12). The van der Waals surface area contributed by atoms with Crippen molar-refractivity contribution in [3.05, 3.63) is 29.3 Å². The van der Waals surface area contributed by atoms with Crippen LogP contribution in [-0.4, -0.2) is 17.2 Å². The molecule has 3 nitrogen and oxygen atoms in total. The molecule has 3 heteroatoms. The van der Waals surface area contributed by atoms with Gasteiger partial charge in [0.15, 0.2) is 6.10 Å². The molecular weight excluding hydrogens is 168 g/mol. The molecule has 0 saturated heterocycles. The fourth-order valence-corrected chi connectivity index (χ4v) is 1.52. The third-order valence-corrected chi connectivity index (χ3v) is 2.17. The van der Waals surface area contributed by atoms with E-state index in [1.54, 1.807) is 0 Å². The molecule has 0 radical (unpaired) electrons. The number of aryl methyl sites for hydroxylation is 1. The number of rotatable bonds is 1. The summed E-state index contributed by atoms with van der Waals surface area (Å²) in [5.41, 5.74) is 2.13. The van der Waals surface area contributed by atoms with Crippen molar-refractivity contribution in [1.29, 1.82) is 0 Å². The van der Waals surface area contributed by atoms with Crippen LogP contribution in [0.2, 0.25) is 0 Å². The lowest BCUT2D eigenvalue weighted by molar-refractivity contribution is -0.144. The van der Waals surface area contributed by atoms with Gasteiger partial charge in [-0.15, -0.1) is 0 Å². The molecule has 68 valence electrons. The van der Waals surface area contributed by atoms with E-state index in [4.69, 9.17) is 9.84 Å². The van der Waals surface area contributed by atoms with Gasteiger partial charge in [-0.2, -0.15) is 0 Å². The maximum absolute atomic E-state index is 10.6. The fraction of sp³-hybridized carbons (Fsp3) is 0.300. The Morgan fingerprint density at radius 2 is 2.38 bits per heavy atom. The van der Waals surface area contributed by atoms with Gasteiger partial charge in [-0.1, -0.05) is 17.7 Å². The van der Waals surface area contributed by atoms with Crippen molar-refractivity contribution in [1.82, 2.24) is 0 Å². The molecule has 1 aliphatic rings. The van der Waals surface area contributed by atoms with Crippen LogP contribution in [0.1, 0.15) is 11.1 Å². The molecule has 0 aromatic heterocycles. The molecule has 2 rings (SSSR count). The van der Waals surface area contributed by atoms with Crippen LogP contribution < -0.4 is 4.74 Å². The first kappa shape index (κ1) is 8.10. The van der Waals surface area contributed by atoms with Crippen molar-refractivity contribution in [3.8, 4) is 5.75 Å². The molecule has 0 fully saturated rings. The van der Waals surface area contributed by atoms with Crippen molar-refractivity contribution in [3.63, 3.8) is 0 Å². The Kier molecular flexibility index (Phi) is 1.72. The third-order valence-electron chi connectivity index (χ3n) is 2.17. The maximum Gasteiger partial charge on any atom is 0.345 e. The zero-order chi connectivity index (χ0) is 9.42. The lowest BCUT2D eigenvalue weighted by Crippen LogP contribution is -2.24. The predicted octanol–water partition coefficient (Wildman–Crippen LogP) is 1.38. The van der Waals surface area contributed by atoms with Crippen LogP contribution >= 0.6 is 0 Å².